The molecule has 1 N–H and O–H groups in total. The summed E-state index contributed by atoms with van der Waals surface area (Å²) in [7, 11) is 0. The van der Waals surface area contributed by atoms with Crippen LogP contribution in [0.2, 0.25) is 0 Å². The number of hydrogen-bond donors (Lipinski definition) is 1. The standard InChI is InChI=1S/C24H22FN3O3S/c1-16(29)27-13-20-14-28(24(30)31-20)19-6-7-22(23(25)12-19)18-4-2-17(3-5-18)15-32-21-8-10-26-11-9-21/h2-12,20H,13-15H2,1H3,(H,27,29)/t20-/m0/s1. The van der Waals surface area contributed by atoms with Crippen molar-refractivity contribution in [3.05, 3.63) is 78.4 Å². The number of cyclic esters (lactones) is 1. The molecular formula is C24H22FN3O3S. The number of nitrogens with zero attached hydrogens (tertiary/aromatic N) is 2. The summed E-state index contributed by atoms with van der Waals surface area (Å²) in [4.78, 5) is 29.7. The van der Waals surface area contributed by atoms with Crippen LogP contribution in [0.1, 0.15) is 12.5 Å². The van der Waals surface area contributed by atoms with Gasteiger partial charge in [0.05, 0.1) is 18.8 Å². The second-order valence-corrected chi connectivity index (χ2v) is 8.43. The number of benzene rings is 2. The molecule has 2 aromatic carbocycles. The van der Waals surface area contributed by atoms with Crippen molar-refractivity contribution < 1.29 is 18.7 Å². The van der Waals surface area contributed by atoms with Crippen LogP contribution in [0.15, 0.2) is 71.9 Å². The fourth-order valence-electron chi connectivity index (χ4n) is 3.38. The number of aromatic nitrogens is 1. The zero-order valence-electron chi connectivity index (χ0n) is 17.5. The van der Waals surface area contributed by atoms with Crippen LogP contribution in [-0.2, 0) is 15.3 Å². The van der Waals surface area contributed by atoms with Gasteiger partial charge in [-0.15, -0.1) is 11.8 Å². The van der Waals surface area contributed by atoms with Crippen molar-refractivity contribution in [3.63, 3.8) is 0 Å². The highest BCUT2D eigenvalue weighted by molar-refractivity contribution is 7.98. The highest BCUT2D eigenvalue weighted by Crippen LogP contribution is 2.30. The Kier molecular flexibility index (Phi) is 6.70. The summed E-state index contributed by atoms with van der Waals surface area (Å²) in [6, 6.07) is 16.4. The van der Waals surface area contributed by atoms with Crippen molar-refractivity contribution >= 4 is 29.4 Å². The molecule has 3 aromatic rings. The van der Waals surface area contributed by atoms with Gasteiger partial charge in [0.15, 0.2) is 0 Å². The molecule has 1 aromatic heterocycles. The zero-order valence-corrected chi connectivity index (χ0v) is 18.3. The first-order valence-electron chi connectivity index (χ1n) is 10.1. The Bertz CT molecular complexity index is 1110. The topological polar surface area (TPSA) is 71.5 Å². The molecule has 0 aliphatic carbocycles. The number of ether oxygens (including phenoxy) is 1. The molecule has 6 nitrogen and oxygen atoms in total. The molecule has 1 aliphatic rings. The number of pyridine rings is 1. The Balaban J connectivity index is 1.42. The van der Waals surface area contributed by atoms with Crippen LogP contribution in [0.3, 0.4) is 0 Å². The van der Waals surface area contributed by atoms with Gasteiger partial charge < -0.3 is 10.1 Å². The number of halogens is 1. The number of nitrogens with one attached hydrogen (secondary N) is 1. The zero-order chi connectivity index (χ0) is 22.5. The maximum atomic E-state index is 14.9. The van der Waals surface area contributed by atoms with Gasteiger partial charge in [-0.25, -0.2) is 9.18 Å². The average molecular weight is 452 g/mol. The van der Waals surface area contributed by atoms with Gasteiger partial charge in [-0.1, -0.05) is 24.3 Å². The van der Waals surface area contributed by atoms with Crippen molar-refractivity contribution in [2.45, 2.75) is 23.7 Å². The molecule has 2 amide bonds. The number of amides is 2. The minimum atomic E-state index is -0.552. The van der Waals surface area contributed by atoms with Crippen LogP contribution in [0, 0.1) is 5.82 Å². The number of hydrogen-bond acceptors (Lipinski definition) is 5. The third-order valence-electron chi connectivity index (χ3n) is 5.04. The molecule has 0 saturated carbocycles. The summed E-state index contributed by atoms with van der Waals surface area (Å²) in [5.41, 5.74) is 2.79. The lowest BCUT2D eigenvalue weighted by molar-refractivity contribution is -0.119. The van der Waals surface area contributed by atoms with E-state index < -0.39 is 18.0 Å². The van der Waals surface area contributed by atoms with Gasteiger partial charge in [0.2, 0.25) is 5.91 Å². The summed E-state index contributed by atoms with van der Waals surface area (Å²) >= 11 is 1.71. The fourth-order valence-corrected chi connectivity index (χ4v) is 4.22. The largest absolute Gasteiger partial charge is 0.442 e. The third kappa shape index (κ3) is 5.26. The lowest BCUT2D eigenvalue weighted by Crippen LogP contribution is -2.33. The summed E-state index contributed by atoms with van der Waals surface area (Å²) in [6.07, 6.45) is 2.52. The Morgan fingerprint density at radius 1 is 1.19 bits per heavy atom. The lowest BCUT2D eigenvalue weighted by atomic mass is 10.0. The van der Waals surface area contributed by atoms with Gasteiger partial charge in [0, 0.05) is 35.5 Å². The van der Waals surface area contributed by atoms with Crippen molar-refractivity contribution in [1.82, 2.24) is 10.3 Å². The van der Waals surface area contributed by atoms with Crippen molar-refractivity contribution in [2.24, 2.45) is 0 Å². The van der Waals surface area contributed by atoms with Crippen LogP contribution in [-0.4, -0.2) is 36.2 Å². The molecule has 1 atom stereocenters. The molecule has 1 saturated heterocycles. The fraction of sp³-hybridized carbons (Fsp3) is 0.208. The van der Waals surface area contributed by atoms with E-state index in [2.05, 4.69) is 10.3 Å². The molecular weight excluding hydrogens is 429 g/mol. The number of rotatable bonds is 7. The second-order valence-electron chi connectivity index (χ2n) is 7.39. The Morgan fingerprint density at radius 3 is 2.62 bits per heavy atom. The molecule has 0 radical (unpaired) electrons. The number of carbonyl (C=O) groups excluding carboxylic acids is 2. The SMILES string of the molecule is CC(=O)NC[C@H]1CN(c2ccc(-c3ccc(CSc4ccncc4)cc3)c(F)c2)C(=O)O1. The van der Waals surface area contributed by atoms with Crippen molar-refractivity contribution in [2.75, 3.05) is 18.0 Å². The lowest BCUT2D eigenvalue weighted by Gasteiger charge is -2.14. The monoisotopic (exact) mass is 451 g/mol. The predicted octanol–water partition coefficient (Wildman–Crippen LogP) is 4.64. The summed E-state index contributed by atoms with van der Waals surface area (Å²) in [5, 5.41) is 2.62. The molecule has 2 heterocycles. The van der Waals surface area contributed by atoms with Crippen molar-refractivity contribution in [3.8, 4) is 11.1 Å². The van der Waals surface area contributed by atoms with Gasteiger partial charge in [0.25, 0.3) is 0 Å². The van der Waals surface area contributed by atoms with E-state index in [1.54, 1.807) is 36.3 Å². The highest BCUT2D eigenvalue weighted by Gasteiger charge is 2.32. The maximum Gasteiger partial charge on any atom is 0.414 e. The van der Waals surface area contributed by atoms with Crippen LogP contribution in [0.4, 0.5) is 14.9 Å². The normalized spacial score (nSPS) is 15.5. The van der Waals surface area contributed by atoms with Crippen LogP contribution < -0.4 is 10.2 Å². The smallest absolute Gasteiger partial charge is 0.414 e. The van der Waals surface area contributed by atoms with Gasteiger partial charge >= 0.3 is 6.09 Å². The van der Waals surface area contributed by atoms with Crippen LogP contribution in [0.5, 0.6) is 0 Å². The van der Waals surface area contributed by atoms with E-state index in [4.69, 9.17) is 4.74 Å². The molecule has 0 bridgehead atoms. The van der Waals surface area contributed by atoms with Crippen LogP contribution >= 0.6 is 11.8 Å². The van der Waals surface area contributed by atoms with Gasteiger partial charge in [-0.3, -0.25) is 14.7 Å². The summed E-state index contributed by atoms with van der Waals surface area (Å²) < 4.78 is 20.1. The summed E-state index contributed by atoms with van der Waals surface area (Å²) in [6.45, 7) is 1.88. The van der Waals surface area contributed by atoms with E-state index in [-0.39, 0.29) is 19.0 Å². The predicted molar refractivity (Wildman–Crippen MR) is 122 cm³/mol. The molecule has 32 heavy (non-hydrogen) atoms. The first-order chi connectivity index (χ1) is 15.5. The van der Waals surface area contributed by atoms with Gasteiger partial charge in [-0.05, 0) is 41.5 Å². The molecule has 1 fully saturated rings. The third-order valence-corrected chi connectivity index (χ3v) is 6.12. The van der Waals surface area contributed by atoms with Crippen molar-refractivity contribution in [1.29, 1.82) is 0 Å². The molecule has 4 rings (SSSR count). The molecule has 1 aliphatic heterocycles. The molecule has 0 spiro atoms. The maximum absolute atomic E-state index is 14.9. The number of thioether (sulfide) groups is 1. The van der Waals surface area contributed by atoms with E-state index in [9.17, 15) is 14.0 Å². The quantitative estimate of drug-likeness (QED) is 0.530. The minimum Gasteiger partial charge on any atom is -0.442 e. The first-order valence-corrected chi connectivity index (χ1v) is 11.1. The van der Waals surface area contributed by atoms with E-state index in [1.165, 1.54) is 17.9 Å². The Morgan fingerprint density at radius 2 is 1.94 bits per heavy atom. The number of anilines is 1. The Hall–Kier alpha value is -3.39. The van der Waals surface area contributed by atoms with Gasteiger partial charge in [0.1, 0.15) is 11.9 Å². The Labute approximate surface area is 189 Å². The second kappa shape index (κ2) is 9.82. The molecule has 8 heteroatoms. The van der Waals surface area contributed by atoms with E-state index >= 15 is 0 Å². The van der Waals surface area contributed by atoms with Gasteiger partial charge in [-0.2, -0.15) is 0 Å². The first kappa shape index (κ1) is 21.8. The highest BCUT2D eigenvalue weighted by atomic mass is 32.2. The number of carbonyl (C=O) groups is 2. The average Bonchev–Trinajstić information content (AvgIpc) is 3.18. The minimum absolute atomic E-state index is 0.197. The summed E-state index contributed by atoms with van der Waals surface area (Å²) in [5.74, 6) is 0.194. The molecule has 0 unspecified atom stereocenters. The van der Waals surface area contributed by atoms with E-state index in [1.807, 2.05) is 36.4 Å². The van der Waals surface area contributed by atoms with E-state index in [0.29, 0.717) is 11.3 Å². The molecule has 164 valence electrons. The van der Waals surface area contributed by atoms with E-state index in [0.717, 1.165) is 21.8 Å². The van der Waals surface area contributed by atoms with Crippen LogP contribution in [0.25, 0.3) is 11.1 Å².